The summed E-state index contributed by atoms with van der Waals surface area (Å²) in [5.74, 6) is 3.53. The Morgan fingerprint density at radius 3 is 1.91 bits per heavy atom. The lowest BCUT2D eigenvalue weighted by molar-refractivity contribution is -0.0622. The molecule has 128 valence electrons. The number of hydrogen-bond acceptors (Lipinski definition) is 2. The van der Waals surface area contributed by atoms with Gasteiger partial charge in [-0.1, -0.05) is 13.3 Å². The molecule has 1 N–H and O–H groups in total. The summed E-state index contributed by atoms with van der Waals surface area (Å²) in [4.78, 5) is 0. The van der Waals surface area contributed by atoms with E-state index in [0.717, 1.165) is 43.1 Å². The third kappa shape index (κ3) is 4.26. The van der Waals surface area contributed by atoms with Crippen LogP contribution in [-0.4, -0.2) is 23.9 Å². The van der Waals surface area contributed by atoms with Gasteiger partial charge in [0.25, 0.3) is 0 Å². The van der Waals surface area contributed by atoms with E-state index < -0.39 is 0 Å². The van der Waals surface area contributed by atoms with Gasteiger partial charge in [-0.15, -0.1) is 0 Å². The van der Waals surface area contributed by atoms with Crippen LogP contribution in [0.1, 0.15) is 84.0 Å². The molecule has 2 unspecified atom stereocenters. The highest BCUT2D eigenvalue weighted by Gasteiger charge is 2.34. The molecule has 22 heavy (non-hydrogen) atoms. The van der Waals surface area contributed by atoms with E-state index in [9.17, 15) is 5.11 Å². The second kappa shape index (κ2) is 8.15. The normalized spacial score (nSPS) is 43.9. The monoisotopic (exact) mass is 308 g/mol. The maximum absolute atomic E-state index is 9.68. The first kappa shape index (κ1) is 16.8. The summed E-state index contributed by atoms with van der Waals surface area (Å²) in [6.07, 6.45) is 16.2. The molecule has 0 aromatic rings. The molecule has 2 nitrogen and oxygen atoms in total. The Labute approximate surface area is 137 Å². The van der Waals surface area contributed by atoms with Crippen molar-refractivity contribution in [3.8, 4) is 0 Å². The predicted molar refractivity (Wildman–Crippen MR) is 90.8 cm³/mol. The first-order valence-corrected chi connectivity index (χ1v) is 10.1. The fourth-order valence-electron chi connectivity index (χ4n) is 5.40. The van der Waals surface area contributed by atoms with E-state index >= 15 is 0 Å². The second-order valence-electron chi connectivity index (χ2n) is 8.35. The molecule has 1 saturated heterocycles. The Morgan fingerprint density at radius 1 is 0.773 bits per heavy atom. The lowest BCUT2D eigenvalue weighted by Crippen LogP contribution is -2.35. The molecule has 3 aliphatic rings. The highest BCUT2D eigenvalue weighted by atomic mass is 16.5. The fraction of sp³-hybridized carbons (Fsp3) is 1.00. The molecule has 3 fully saturated rings. The maximum Gasteiger partial charge on any atom is 0.0603 e. The molecule has 2 atom stereocenters. The van der Waals surface area contributed by atoms with Gasteiger partial charge >= 0.3 is 0 Å². The summed E-state index contributed by atoms with van der Waals surface area (Å²) < 4.78 is 6.24. The third-order valence-corrected chi connectivity index (χ3v) is 6.85. The van der Waals surface area contributed by atoms with Crippen molar-refractivity contribution in [3.63, 3.8) is 0 Å². The minimum absolute atomic E-state index is 0.000653. The third-order valence-electron chi connectivity index (χ3n) is 6.85. The summed E-state index contributed by atoms with van der Waals surface area (Å²) in [6, 6.07) is 0. The molecule has 0 aromatic carbocycles. The Kier molecular flexibility index (Phi) is 6.21. The Balaban J connectivity index is 1.39. The van der Waals surface area contributed by atoms with Gasteiger partial charge in [-0.05, 0) is 94.3 Å². The minimum atomic E-state index is -0.000653. The van der Waals surface area contributed by atoms with Crippen molar-refractivity contribution in [2.24, 2.45) is 23.7 Å². The quantitative estimate of drug-likeness (QED) is 0.797. The van der Waals surface area contributed by atoms with E-state index in [1.165, 1.54) is 64.2 Å². The van der Waals surface area contributed by atoms with Crippen LogP contribution < -0.4 is 0 Å². The smallest absolute Gasteiger partial charge is 0.0603 e. The molecule has 0 amide bonds. The summed E-state index contributed by atoms with van der Waals surface area (Å²) in [6.45, 7) is 3.32. The van der Waals surface area contributed by atoms with Crippen LogP contribution >= 0.6 is 0 Å². The molecule has 2 aliphatic carbocycles. The van der Waals surface area contributed by atoms with Crippen LogP contribution in [0.5, 0.6) is 0 Å². The van der Waals surface area contributed by atoms with E-state index in [1.54, 1.807) is 0 Å². The van der Waals surface area contributed by atoms with Crippen molar-refractivity contribution in [2.75, 3.05) is 6.61 Å². The van der Waals surface area contributed by atoms with E-state index in [0.29, 0.717) is 6.10 Å². The number of hydrogen-bond donors (Lipinski definition) is 1. The minimum Gasteiger partial charge on any atom is -0.393 e. The molecule has 2 saturated carbocycles. The molecule has 0 spiro atoms. The van der Waals surface area contributed by atoms with Gasteiger partial charge in [-0.2, -0.15) is 0 Å². The van der Waals surface area contributed by atoms with Crippen LogP contribution in [0.3, 0.4) is 0 Å². The van der Waals surface area contributed by atoms with Gasteiger partial charge in [0.15, 0.2) is 0 Å². The van der Waals surface area contributed by atoms with Crippen LogP contribution in [-0.2, 0) is 4.74 Å². The average molecular weight is 309 g/mol. The Morgan fingerprint density at radius 2 is 1.36 bits per heavy atom. The lowest BCUT2D eigenvalue weighted by Gasteiger charge is -2.41. The van der Waals surface area contributed by atoms with Crippen molar-refractivity contribution in [3.05, 3.63) is 0 Å². The van der Waals surface area contributed by atoms with Crippen LogP contribution in [0.2, 0.25) is 0 Å². The van der Waals surface area contributed by atoms with Gasteiger partial charge in [-0.3, -0.25) is 0 Å². The fourth-order valence-corrected chi connectivity index (χ4v) is 5.40. The first-order chi connectivity index (χ1) is 10.8. The Bertz CT molecular complexity index is 306. The molecule has 1 heterocycles. The molecular formula is C20H36O2. The second-order valence-corrected chi connectivity index (χ2v) is 8.35. The zero-order valence-electron chi connectivity index (χ0n) is 14.5. The predicted octanol–water partition coefficient (Wildman–Crippen LogP) is 4.94. The molecule has 0 aromatic heterocycles. The van der Waals surface area contributed by atoms with Crippen molar-refractivity contribution in [2.45, 2.75) is 96.2 Å². The van der Waals surface area contributed by atoms with E-state index in [1.807, 2.05) is 0 Å². The molecule has 3 rings (SSSR count). The van der Waals surface area contributed by atoms with Gasteiger partial charge in [0.1, 0.15) is 0 Å². The Hall–Kier alpha value is -0.0800. The number of aliphatic hydroxyl groups excluding tert-OH is 1. The molecule has 0 radical (unpaired) electrons. The van der Waals surface area contributed by atoms with Crippen LogP contribution in [0.4, 0.5) is 0 Å². The summed E-state index contributed by atoms with van der Waals surface area (Å²) in [5.41, 5.74) is 0. The van der Waals surface area contributed by atoms with Crippen molar-refractivity contribution in [1.29, 1.82) is 0 Å². The number of rotatable bonds is 4. The van der Waals surface area contributed by atoms with Gasteiger partial charge in [0, 0.05) is 6.61 Å². The van der Waals surface area contributed by atoms with Gasteiger partial charge in [0.2, 0.25) is 0 Å². The van der Waals surface area contributed by atoms with Crippen LogP contribution in [0.25, 0.3) is 0 Å². The van der Waals surface area contributed by atoms with E-state index in [2.05, 4.69) is 6.92 Å². The zero-order chi connectivity index (χ0) is 15.4. The number of ether oxygens (including phenoxy) is 1. The van der Waals surface area contributed by atoms with Gasteiger partial charge in [-0.25, -0.2) is 0 Å². The molecule has 2 heteroatoms. The summed E-state index contributed by atoms with van der Waals surface area (Å²) in [7, 11) is 0. The SMILES string of the molecule is CCCC1CCC(C2CCC(C3CCC(O)CC3)CC2)OC1. The molecular weight excluding hydrogens is 272 g/mol. The number of aliphatic hydroxyl groups is 1. The van der Waals surface area contributed by atoms with Gasteiger partial charge in [0.05, 0.1) is 12.2 Å². The first-order valence-electron chi connectivity index (χ1n) is 10.1. The van der Waals surface area contributed by atoms with Crippen molar-refractivity contribution >= 4 is 0 Å². The highest BCUT2D eigenvalue weighted by molar-refractivity contribution is 4.85. The van der Waals surface area contributed by atoms with Gasteiger partial charge < -0.3 is 9.84 Å². The average Bonchev–Trinajstić information content (AvgIpc) is 2.57. The molecule has 1 aliphatic heterocycles. The van der Waals surface area contributed by atoms with E-state index in [4.69, 9.17) is 4.74 Å². The lowest BCUT2D eigenvalue weighted by atomic mass is 9.69. The van der Waals surface area contributed by atoms with Crippen LogP contribution in [0.15, 0.2) is 0 Å². The summed E-state index contributed by atoms with van der Waals surface area (Å²) >= 11 is 0. The molecule has 0 bridgehead atoms. The topological polar surface area (TPSA) is 29.5 Å². The standard InChI is InChI=1S/C20H36O2/c1-2-3-15-4-13-20(22-14-15)18-7-5-16(6-8-18)17-9-11-19(21)12-10-17/h15-21H,2-14H2,1H3. The van der Waals surface area contributed by atoms with Crippen LogP contribution in [0, 0.1) is 23.7 Å². The van der Waals surface area contributed by atoms with Crippen molar-refractivity contribution < 1.29 is 9.84 Å². The maximum atomic E-state index is 9.68. The summed E-state index contributed by atoms with van der Waals surface area (Å²) in [5, 5.41) is 9.68. The zero-order valence-corrected chi connectivity index (χ0v) is 14.5. The highest BCUT2D eigenvalue weighted by Crippen LogP contribution is 2.42. The van der Waals surface area contributed by atoms with Crippen molar-refractivity contribution in [1.82, 2.24) is 0 Å². The largest absolute Gasteiger partial charge is 0.393 e. The van der Waals surface area contributed by atoms with E-state index in [-0.39, 0.29) is 6.10 Å².